The van der Waals surface area contributed by atoms with Crippen molar-refractivity contribution in [2.45, 2.75) is 25.3 Å². The van der Waals surface area contributed by atoms with E-state index in [1.165, 1.54) is 12.1 Å². The van der Waals surface area contributed by atoms with Crippen LogP contribution in [0, 0.1) is 11.2 Å². The van der Waals surface area contributed by atoms with Crippen LogP contribution in [0.3, 0.4) is 0 Å². The Morgan fingerprint density at radius 1 is 0.923 bits per heavy atom. The second-order valence-electron chi connectivity index (χ2n) is 8.86. The molecule has 0 radical (unpaired) electrons. The second-order valence-corrected chi connectivity index (χ2v) is 8.86. The van der Waals surface area contributed by atoms with Crippen LogP contribution in [0.25, 0.3) is 0 Å². The predicted molar refractivity (Wildman–Crippen MR) is 123 cm³/mol. The van der Waals surface area contributed by atoms with Crippen molar-refractivity contribution in [3.63, 3.8) is 0 Å². The lowest BCUT2D eigenvalue weighted by atomic mass is 9.87. The van der Waals surface area contributed by atoms with Gasteiger partial charge in [-0.1, -0.05) is 18.2 Å². The molecule has 0 saturated carbocycles. The Kier molecular flexibility index (Phi) is 11.0. The Bertz CT molecular complexity index is 1040. The van der Waals surface area contributed by atoms with Gasteiger partial charge in [-0.15, -0.1) is 0 Å². The van der Waals surface area contributed by atoms with Gasteiger partial charge in [-0.3, -0.25) is 4.90 Å². The Morgan fingerprint density at radius 2 is 1.51 bits per heavy atom. The van der Waals surface area contributed by atoms with Gasteiger partial charge in [-0.2, -0.15) is 26.3 Å². The molecular formula is C24H26F7N3O5. The Morgan fingerprint density at radius 3 is 2.03 bits per heavy atom. The number of benzene rings is 1. The Labute approximate surface area is 218 Å². The number of anilines is 1. The van der Waals surface area contributed by atoms with E-state index in [0.29, 0.717) is 0 Å². The standard InChI is InChI=1S/C20H24FN3O.2C2HF3O2/c21-18-6-4-17(5-7-18)13-23-11-12-25-16-20(14-23)8-10-24(15-20)19-3-1-2-9-22-19;2*3-2(4,5)1(6)7/h1-7,9H,8,10-16H2;2*(H,6,7). The molecular weight excluding hydrogens is 543 g/mol. The molecule has 1 unspecified atom stereocenters. The van der Waals surface area contributed by atoms with Gasteiger partial charge >= 0.3 is 24.3 Å². The summed E-state index contributed by atoms with van der Waals surface area (Å²) >= 11 is 0. The molecule has 0 aliphatic carbocycles. The number of hydrogen-bond acceptors (Lipinski definition) is 6. The van der Waals surface area contributed by atoms with Gasteiger partial charge in [0, 0.05) is 44.3 Å². The summed E-state index contributed by atoms with van der Waals surface area (Å²) in [6, 6.07) is 12.9. The number of hydrogen-bond donors (Lipinski definition) is 2. The third-order valence-electron chi connectivity index (χ3n) is 5.74. The van der Waals surface area contributed by atoms with E-state index in [1.54, 1.807) is 0 Å². The maximum absolute atomic E-state index is 13.1. The van der Waals surface area contributed by atoms with Crippen molar-refractivity contribution >= 4 is 17.8 Å². The summed E-state index contributed by atoms with van der Waals surface area (Å²) in [5.74, 6) is -4.64. The minimum Gasteiger partial charge on any atom is -0.475 e. The average molecular weight is 569 g/mol. The normalized spacial score (nSPS) is 19.8. The van der Waals surface area contributed by atoms with Crippen molar-refractivity contribution in [3.8, 4) is 0 Å². The third kappa shape index (κ3) is 10.7. The van der Waals surface area contributed by atoms with Gasteiger partial charge in [-0.05, 0) is 36.2 Å². The zero-order chi connectivity index (χ0) is 29.3. The molecule has 2 aromatic rings. The monoisotopic (exact) mass is 569 g/mol. The molecule has 2 aliphatic rings. The molecule has 1 aromatic carbocycles. The number of carboxylic acids is 2. The molecule has 1 atom stereocenters. The molecule has 2 fully saturated rings. The number of pyridine rings is 1. The summed E-state index contributed by atoms with van der Waals surface area (Å²) in [4.78, 5) is 27.1. The van der Waals surface area contributed by atoms with Gasteiger partial charge in [0.1, 0.15) is 11.6 Å². The summed E-state index contributed by atoms with van der Waals surface area (Å²) in [5.41, 5.74) is 1.30. The summed E-state index contributed by atoms with van der Waals surface area (Å²) in [7, 11) is 0. The van der Waals surface area contributed by atoms with Gasteiger partial charge < -0.3 is 19.8 Å². The topological polar surface area (TPSA) is 103 Å². The van der Waals surface area contributed by atoms with Crippen LogP contribution in [0.15, 0.2) is 48.7 Å². The number of aromatic nitrogens is 1. The zero-order valence-electron chi connectivity index (χ0n) is 20.4. The highest BCUT2D eigenvalue weighted by molar-refractivity contribution is 5.73. The average Bonchev–Trinajstić information content (AvgIpc) is 3.16. The summed E-state index contributed by atoms with van der Waals surface area (Å²) < 4.78 is 82.6. The molecule has 8 nitrogen and oxygen atoms in total. The van der Waals surface area contributed by atoms with Crippen molar-refractivity contribution in [2.24, 2.45) is 5.41 Å². The van der Waals surface area contributed by atoms with E-state index >= 15 is 0 Å². The van der Waals surface area contributed by atoms with Gasteiger partial charge in [0.15, 0.2) is 0 Å². The third-order valence-corrected chi connectivity index (χ3v) is 5.74. The van der Waals surface area contributed by atoms with Crippen LogP contribution in [0.1, 0.15) is 12.0 Å². The first kappa shape index (κ1) is 31.8. The number of carboxylic acid groups (broad SMARTS) is 2. The second kappa shape index (κ2) is 13.6. The highest BCUT2D eigenvalue weighted by Crippen LogP contribution is 2.35. The fourth-order valence-electron chi connectivity index (χ4n) is 3.98. The Hall–Kier alpha value is -3.46. The molecule has 2 saturated heterocycles. The number of halogens is 7. The SMILES string of the molecule is Fc1ccc(CN2CCOCC3(CCN(c4ccccn4)C3)C2)cc1.O=C(O)C(F)(F)F.O=C(O)C(F)(F)F. The van der Waals surface area contributed by atoms with Crippen molar-refractivity contribution in [1.82, 2.24) is 9.88 Å². The zero-order valence-corrected chi connectivity index (χ0v) is 20.4. The molecule has 1 spiro atoms. The first-order valence-corrected chi connectivity index (χ1v) is 11.4. The minimum atomic E-state index is -5.08. The van der Waals surface area contributed by atoms with E-state index < -0.39 is 24.3 Å². The van der Waals surface area contributed by atoms with Gasteiger partial charge in [0.25, 0.3) is 0 Å². The number of carbonyl (C=O) groups is 2. The number of aliphatic carboxylic acids is 2. The minimum absolute atomic E-state index is 0.147. The number of ether oxygens (including phenoxy) is 1. The lowest BCUT2D eigenvalue weighted by molar-refractivity contribution is -0.193. The lowest BCUT2D eigenvalue weighted by Gasteiger charge is -2.32. The fraction of sp³-hybridized carbons (Fsp3) is 0.458. The van der Waals surface area contributed by atoms with Crippen LogP contribution in [-0.2, 0) is 20.9 Å². The molecule has 2 aliphatic heterocycles. The van der Waals surface area contributed by atoms with Crippen LogP contribution in [0.2, 0.25) is 0 Å². The van der Waals surface area contributed by atoms with Crippen molar-refractivity contribution in [1.29, 1.82) is 0 Å². The molecule has 3 heterocycles. The number of alkyl halides is 6. The van der Waals surface area contributed by atoms with Crippen LogP contribution < -0.4 is 4.90 Å². The molecule has 39 heavy (non-hydrogen) atoms. The van der Waals surface area contributed by atoms with E-state index in [0.717, 1.165) is 63.7 Å². The van der Waals surface area contributed by atoms with Crippen LogP contribution in [0.4, 0.5) is 36.6 Å². The molecule has 2 N–H and O–H groups in total. The molecule has 216 valence electrons. The fourth-order valence-corrected chi connectivity index (χ4v) is 3.98. The highest BCUT2D eigenvalue weighted by Gasteiger charge is 2.41. The van der Waals surface area contributed by atoms with Crippen LogP contribution in [0.5, 0.6) is 0 Å². The highest BCUT2D eigenvalue weighted by atomic mass is 19.4. The number of rotatable bonds is 3. The summed E-state index contributed by atoms with van der Waals surface area (Å²) in [6.45, 7) is 6.32. The van der Waals surface area contributed by atoms with Gasteiger partial charge in [-0.25, -0.2) is 19.0 Å². The van der Waals surface area contributed by atoms with E-state index in [-0.39, 0.29) is 11.2 Å². The van der Waals surface area contributed by atoms with Crippen LogP contribution in [-0.4, -0.2) is 83.8 Å². The van der Waals surface area contributed by atoms with E-state index in [4.69, 9.17) is 24.5 Å². The van der Waals surface area contributed by atoms with Crippen LogP contribution >= 0.6 is 0 Å². The summed E-state index contributed by atoms with van der Waals surface area (Å²) in [6.07, 6.45) is -7.20. The van der Waals surface area contributed by atoms with Gasteiger partial charge in [0.05, 0.1) is 13.2 Å². The first-order valence-electron chi connectivity index (χ1n) is 11.4. The maximum Gasteiger partial charge on any atom is 0.490 e. The molecule has 15 heteroatoms. The lowest BCUT2D eigenvalue weighted by Crippen LogP contribution is -2.40. The smallest absolute Gasteiger partial charge is 0.475 e. The van der Waals surface area contributed by atoms with E-state index in [2.05, 4.69) is 20.9 Å². The quantitative estimate of drug-likeness (QED) is 0.530. The van der Waals surface area contributed by atoms with E-state index in [1.807, 2.05) is 30.5 Å². The molecule has 0 amide bonds. The largest absolute Gasteiger partial charge is 0.490 e. The maximum atomic E-state index is 13.1. The molecule has 1 aromatic heterocycles. The van der Waals surface area contributed by atoms with E-state index in [9.17, 15) is 30.7 Å². The van der Waals surface area contributed by atoms with Crippen molar-refractivity contribution < 1.29 is 55.3 Å². The summed E-state index contributed by atoms with van der Waals surface area (Å²) in [5, 5.41) is 14.2. The van der Waals surface area contributed by atoms with Crippen molar-refractivity contribution in [3.05, 3.63) is 60.0 Å². The first-order chi connectivity index (χ1) is 18.1. The predicted octanol–water partition coefficient (Wildman–Crippen LogP) is 4.22. The number of nitrogens with zero attached hydrogens (tertiary/aromatic N) is 3. The molecule has 4 rings (SSSR count). The molecule has 0 bridgehead atoms. The van der Waals surface area contributed by atoms with Gasteiger partial charge in [0.2, 0.25) is 0 Å². The van der Waals surface area contributed by atoms with Crippen molar-refractivity contribution in [2.75, 3.05) is 44.3 Å². The Balaban J connectivity index is 0.000000317.